The number of hydrogen-bond donors (Lipinski definition) is 2. The van der Waals surface area contributed by atoms with Crippen LogP contribution >= 0.6 is 22.9 Å². The van der Waals surface area contributed by atoms with E-state index < -0.39 is 0 Å². The Hall–Kier alpha value is -2.42. The highest BCUT2D eigenvalue weighted by molar-refractivity contribution is 7.19. The minimum Gasteiger partial charge on any atom is -0.345 e. The molecule has 0 radical (unpaired) electrons. The summed E-state index contributed by atoms with van der Waals surface area (Å²) in [7, 11) is 3.84. The van der Waals surface area contributed by atoms with Crippen molar-refractivity contribution in [3.63, 3.8) is 0 Å². The van der Waals surface area contributed by atoms with Gasteiger partial charge in [-0.25, -0.2) is 4.98 Å². The number of benzene rings is 1. The van der Waals surface area contributed by atoms with Crippen molar-refractivity contribution >= 4 is 50.1 Å². The van der Waals surface area contributed by atoms with Gasteiger partial charge in [0.2, 0.25) is 5.95 Å². The van der Waals surface area contributed by atoms with Crippen molar-refractivity contribution in [3.8, 4) is 11.1 Å². The maximum Gasteiger partial charge on any atom is 0.264 e. The minimum absolute atomic E-state index is 0.0554. The number of aromatic nitrogens is 4. The van der Waals surface area contributed by atoms with E-state index in [2.05, 4.69) is 20.2 Å². The number of anilines is 1. The lowest BCUT2D eigenvalue weighted by atomic mass is 9.96. The number of rotatable bonds is 3. The number of halogens is 1. The van der Waals surface area contributed by atoms with Gasteiger partial charge in [-0.2, -0.15) is 4.98 Å². The Morgan fingerprint density at radius 1 is 1.26 bits per heavy atom. The first-order chi connectivity index (χ1) is 15.0. The third kappa shape index (κ3) is 2.65. The van der Waals surface area contributed by atoms with Gasteiger partial charge in [-0.05, 0) is 39.3 Å². The summed E-state index contributed by atoms with van der Waals surface area (Å²) >= 11 is 8.33. The number of aromatic amines is 1. The lowest BCUT2D eigenvalue weighted by Crippen LogP contribution is -2.41. The fourth-order valence-electron chi connectivity index (χ4n) is 5.48. The van der Waals surface area contributed by atoms with E-state index in [9.17, 15) is 4.79 Å². The van der Waals surface area contributed by atoms with Gasteiger partial charge in [0.15, 0.2) is 0 Å². The second kappa shape index (κ2) is 6.79. The maximum absolute atomic E-state index is 13.5. The molecule has 3 atom stereocenters. The summed E-state index contributed by atoms with van der Waals surface area (Å²) in [6.45, 7) is 1.97. The average molecular weight is 455 g/mol. The van der Waals surface area contributed by atoms with Crippen LogP contribution in [0.15, 0.2) is 23.1 Å². The molecule has 9 heteroatoms. The van der Waals surface area contributed by atoms with Crippen LogP contribution in [0.2, 0.25) is 5.02 Å². The molecular formula is C22H23ClN6OS. The first-order valence-corrected chi connectivity index (χ1v) is 11.8. The molecule has 1 aromatic carbocycles. The van der Waals surface area contributed by atoms with Crippen LogP contribution in [0.1, 0.15) is 24.3 Å². The van der Waals surface area contributed by atoms with Crippen molar-refractivity contribution in [2.45, 2.75) is 44.3 Å². The smallest absolute Gasteiger partial charge is 0.264 e. The van der Waals surface area contributed by atoms with Gasteiger partial charge in [0, 0.05) is 42.5 Å². The molecule has 2 aliphatic heterocycles. The third-order valence-corrected chi connectivity index (χ3v) is 8.43. The van der Waals surface area contributed by atoms with E-state index in [0.29, 0.717) is 34.2 Å². The van der Waals surface area contributed by atoms with Gasteiger partial charge in [0.25, 0.3) is 5.56 Å². The lowest BCUT2D eigenvalue weighted by molar-refractivity contribution is 0.445. The molecule has 2 fully saturated rings. The molecule has 0 amide bonds. The number of fused-ring (bicyclic) bond motifs is 4. The van der Waals surface area contributed by atoms with Crippen LogP contribution in [0.4, 0.5) is 5.95 Å². The molecule has 7 nitrogen and oxygen atoms in total. The summed E-state index contributed by atoms with van der Waals surface area (Å²) in [6.07, 6.45) is 5.22. The SMILES string of the molecule is CN[C@@H]1C[C@@H]2CC[C@H]1N2c1nc2[nH]cc(-c3ccc4nc(C)sc4c3Cl)c2c(=O)n1C. The third-order valence-electron chi connectivity index (χ3n) is 6.92. The molecule has 2 aliphatic rings. The Balaban J connectivity index is 1.52. The zero-order valence-electron chi connectivity index (χ0n) is 17.6. The zero-order valence-corrected chi connectivity index (χ0v) is 19.1. The summed E-state index contributed by atoms with van der Waals surface area (Å²) in [5, 5.41) is 5.60. The second-order valence-corrected chi connectivity index (χ2v) is 10.1. The minimum atomic E-state index is -0.0554. The number of thiazole rings is 1. The van der Waals surface area contributed by atoms with Gasteiger partial charge in [0.1, 0.15) is 5.65 Å². The predicted octanol–water partition coefficient (Wildman–Crippen LogP) is 3.83. The van der Waals surface area contributed by atoms with Gasteiger partial charge >= 0.3 is 0 Å². The number of likely N-dealkylation sites (N-methyl/N-ethyl adjacent to an activating group) is 1. The highest BCUT2D eigenvalue weighted by atomic mass is 35.5. The summed E-state index contributed by atoms with van der Waals surface area (Å²) in [6, 6.07) is 5.16. The van der Waals surface area contributed by atoms with E-state index >= 15 is 0 Å². The molecule has 6 rings (SSSR count). The Kier molecular flexibility index (Phi) is 4.22. The van der Waals surface area contributed by atoms with Crippen molar-refractivity contribution in [2.24, 2.45) is 7.05 Å². The highest BCUT2D eigenvalue weighted by Gasteiger charge is 2.47. The molecule has 31 heavy (non-hydrogen) atoms. The first kappa shape index (κ1) is 19.3. The number of H-pyrrole nitrogens is 1. The summed E-state index contributed by atoms with van der Waals surface area (Å²) in [5.74, 6) is 0.746. The van der Waals surface area contributed by atoms with Gasteiger partial charge < -0.3 is 15.2 Å². The molecule has 3 aromatic heterocycles. The van der Waals surface area contributed by atoms with Crippen LogP contribution in [0.5, 0.6) is 0 Å². The molecule has 2 bridgehead atoms. The fraction of sp³-hybridized carbons (Fsp3) is 0.409. The Morgan fingerprint density at radius 3 is 2.87 bits per heavy atom. The van der Waals surface area contributed by atoms with Crippen LogP contribution in [-0.2, 0) is 7.05 Å². The Morgan fingerprint density at radius 2 is 2.10 bits per heavy atom. The molecule has 5 heterocycles. The molecular weight excluding hydrogens is 432 g/mol. The molecule has 0 aliphatic carbocycles. The van der Waals surface area contributed by atoms with Gasteiger partial charge in [-0.15, -0.1) is 11.3 Å². The first-order valence-electron chi connectivity index (χ1n) is 10.6. The molecule has 0 saturated carbocycles. The predicted molar refractivity (Wildman–Crippen MR) is 126 cm³/mol. The summed E-state index contributed by atoms with van der Waals surface area (Å²) < 4.78 is 2.64. The lowest BCUT2D eigenvalue weighted by Gasteiger charge is -2.26. The van der Waals surface area contributed by atoms with E-state index in [4.69, 9.17) is 16.6 Å². The van der Waals surface area contributed by atoms with Crippen LogP contribution in [0.3, 0.4) is 0 Å². The number of hydrogen-bond acceptors (Lipinski definition) is 6. The quantitative estimate of drug-likeness (QED) is 0.492. The fourth-order valence-corrected chi connectivity index (χ4v) is 6.72. The number of nitrogens with zero attached hydrogens (tertiary/aromatic N) is 4. The number of aryl methyl sites for hydroxylation is 1. The van der Waals surface area contributed by atoms with E-state index in [1.54, 1.807) is 15.9 Å². The number of nitrogens with one attached hydrogen (secondary N) is 2. The van der Waals surface area contributed by atoms with Crippen molar-refractivity contribution in [2.75, 3.05) is 11.9 Å². The average Bonchev–Trinajstić information content (AvgIpc) is 3.52. The van der Waals surface area contributed by atoms with Crippen molar-refractivity contribution in [3.05, 3.63) is 38.7 Å². The normalized spacial score (nSPS) is 23.0. The van der Waals surface area contributed by atoms with Gasteiger partial charge in [0.05, 0.1) is 25.6 Å². The monoisotopic (exact) mass is 454 g/mol. The van der Waals surface area contributed by atoms with Gasteiger partial charge in [-0.1, -0.05) is 17.7 Å². The zero-order chi connectivity index (χ0) is 21.4. The molecule has 0 unspecified atom stereocenters. The molecule has 2 N–H and O–H groups in total. The van der Waals surface area contributed by atoms with Crippen molar-refractivity contribution in [1.82, 2.24) is 24.8 Å². The van der Waals surface area contributed by atoms with Crippen molar-refractivity contribution in [1.29, 1.82) is 0 Å². The van der Waals surface area contributed by atoms with Crippen LogP contribution < -0.4 is 15.8 Å². The Labute approximate surface area is 188 Å². The topological polar surface area (TPSA) is 78.8 Å². The summed E-state index contributed by atoms with van der Waals surface area (Å²) in [5.41, 5.74) is 3.04. The molecule has 2 saturated heterocycles. The Bertz CT molecular complexity index is 1400. The van der Waals surface area contributed by atoms with Crippen LogP contribution in [0, 0.1) is 6.92 Å². The van der Waals surface area contributed by atoms with Gasteiger partial charge in [-0.3, -0.25) is 9.36 Å². The molecule has 0 spiro atoms. The van der Waals surface area contributed by atoms with Crippen LogP contribution in [0.25, 0.3) is 32.4 Å². The highest BCUT2D eigenvalue weighted by Crippen LogP contribution is 2.42. The largest absolute Gasteiger partial charge is 0.345 e. The standard InChI is InChI=1S/C22H23ClN6OS/c1-10-26-14-6-5-12(18(23)19(14)31-10)13-9-25-20-17(13)21(30)28(3)22(27-20)29-11-4-7-16(29)15(8-11)24-2/h5-6,9,11,15-16,24-25H,4,7-8H2,1-3H3/t11-,15+,16+/m0/s1. The second-order valence-electron chi connectivity index (χ2n) is 8.55. The summed E-state index contributed by atoms with van der Waals surface area (Å²) in [4.78, 5) is 28.6. The maximum atomic E-state index is 13.5. The van der Waals surface area contributed by atoms with E-state index in [-0.39, 0.29) is 5.56 Å². The van der Waals surface area contributed by atoms with Crippen LogP contribution in [-0.4, -0.2) is 44.7 Å². The molecule has 160 valence electrons. The van der Waals surface area contributed by atoms with E-state index in [1.807, 2.05) is 39.3 Å². The van der Waals surface area contributed by atoms with E-state index in [1.165, 1.54) is 0 Å². The molecule has 4 aromatic rings. The van der Waals surface area contributed by atoms with E-state index in [0.717, 1.165) is 51.6 Å². The van der Waals surface area contributed by atoms with Crippen molar-refractivity contribution < 1.29 is 0 Å².